The smallest absolute Gasteiger partial charge is 0.225 e. The van der Waals surface area contributed by atoms with Gasteiger partial charge in [0.05, 0.1) is 0 Å². The van der Waals surface area contributed by atoms with E-state index in [1.54, 1.807) is 95.0 Å². The van der Waals surface area contributed by atoms with Crippen molar-refractivity contribution in [3.8, 4) is 0 Å². The van der Waals surface area contributed by atoms with Gasteiger partial charge in [0.25, 0.3) is 0 Å². The predicted molar refractivity (Wildman–Crippen MR) is 168 cm³/mol. The summed E-state index contributed by atoms with van der Waals surface area (Å²) in [7, 11) is 17.6. The molecule has 0 aromatic carbocycles. The topological polar surface area (TPSA) is 102 Å². The van der Waals surface area contributed by atoms with Crippen molar-refractivity contribution < 1.29 is 24.0 Å². The number of carbonyl (C=O) groups excluding carboxylic acids is 5. The monoisotopic (exact) mass is 585 g/mol. The van der Waals surface area contributed by atoms with Gasteiger partial charge in [-0.25, -0.2) is 0 Å². The van der Waals surface area contributed by atoms with Gasteiger partial charge in [-0.05, 0) is 32.1 Å². The van der Waals surface area contributed by atoms with Crippen molar-refractivity contribution in [1.82, 2.24) is 24.5 Å². The highest BCUT2D eigenvalue weighted by Gasteiger charge is 2.26. The largest absolute Gasteiger partial charge is 0.349 e. The minimum absolute atomic E-state index is 0.0473. The van der Waals surface area contributed by atoms with Gasteiger partial charge in [-0.15, -0.1) is 0 Å². The van der Waals surface area contributed by atoms with E-state index in [1.165, 1.54) is 0 Å². The van der Waals surface area contributed by atoms with Crippen molar-refractivity contribution in [1.29, 1.82) is 0 Å². The molecule has 0 fully saturated rings. The van der Waals surface area contributed by atoms with Gasteiger partial charge >= 0.3 is 0 Å². The van der Waals surface area contributed by atoms with Crippen molar-refractivity contribution in [2.24, 2.45) is 29.6 Å². The van der Waals surface area contributed by atoms with E-state index >= 15 is 0 Å². The van der Waals surface area contributed by atoms with Crippen LogP contribution in [0.25, 0.3) is 0 Å². The van der Waals surface area contributed by atoms with E-state index < -0.39 is 0 Å². The SMILES string of the molecule is CCC(C)C(=O)N(C)C.CCC(CC(C)C(=O)N(C)C)C(=O)N(C)C.CCC(CC(C)C(=O)N(C)C)C(=O)N(C)C. The molecule has 0 aromatic heterocycles. The zero-order valence-corrected chi connectivity index (χ0v) is 29.2. The van der Waals surface area contributed by atoms with Crippen LogP contribution in [0.4, 0.5) is 0 Å². The molecule has 0 bridgehead atoms. The fourth-order valence-electron chi connectivity index (χ4n) is 4.17. The average Bonchev–Trinajstić information content (AvgIpc) is 2.91. The lowest BCUT2D eigenvalue weighted by atomic mass is 9.92. The van der Waals surface area contributed by atoms with Gasteiger partial charge in [-0.1, -0.05) is 41.5 Å². The van der Waals surface area contributed by atoms with Crippen LogP contribution in [0.1, 0.15) is 73.6 Å². The number of hydrogen-bond donors (Lipinski definition) is 0. The van der Waals surface area contributed by atoms with Gasteiger partial charge in [0, 0.05) is 100 Å². The Kier molecular flexibility index (Phi) is 23.0. The second-order valence-corrected chi connectivity index (χ2v) is 12.0. The van der Waals surface area contributed by atoms with Crippen LogP contribution in [0, 0.1) is 29.6 Å². The number of nitrogens with zero attached hydrogens (tertiary/aromatic N) is 5. The third kappa shape index (κ3) is 17.7. The molecule has 0 aliphatic carbocycles. The molecule has 0 saturated heterocycles. The molecular weight excluding hydrogens is 522 g/mol. The van der Waals surface area contributed by atoms with Gasteiger partial charge in [0.1, 0.15) is 0 Å². The Morgan fingerprint density at radius 1 is 0.390 bits per heavy atom. The summed E-state index contributed by atoms with van der Waals surface area (Å²) in [4.78, 5) is 66.0. The number of rotatable bonds is 12. The Bertz CT molecular complexity index is 744. The quantitative estimate of drug-likeness (QED) is 0.349. The van der Waals surface area contributed by atoms with E-state index in [2.05, 4.69) is 0 Å². The summed E-state index contributed by atoms with van der Waals surface area (Å²) >= 11 is 0. The Balaban J connectivity index is -0.000000551. The summed E-state index contributed by atoms with van der Waals surface area (Å²) in [6, 6.07) is 0. The number of carbonyl (C=O) groups is 5. The summed E-state index contributed by atoms with van der Waals surface area (Å²) in [5.74, 6) is 0.518. The number of hydrogen-bond acceptors (Lipinski definition) is 5. The van der Waals surface area contributed by atoms with Gasteiger partial charge in [-0.3, -0.25) is 24.0 Å². The minimum Gasteiger partial charge on any atom is -0.349 e. The maximum Gasteiger partial charge on any atom is 0.225 e. The van der Waals surface area contributed by atoms with E-state index in [9.17, 15) is 24.0 Å². The molecule has 41 heavy (non-hydrogen) atoms. The van der Waals surface area contributed by atoms with E-state index in [0.717, 1.165) is 19.3 Å². The molecule has 0 aromatic rings. The first-order valence-corrected chi connectivity index (χ1v) is 14.8. The summed E-state index contributed by atoms with van der Waals surface area (Å²) < 4.78 is 0. The van der Waals surface area contributed by atoms with Crippen LogP contribution in [-0.2, 0) is 24.0 Å². The first kappa shape index (κ1) is 42.8. The van der Waals surface area contributed by atoms with Crippen LogP contribution in [0.5, 0.6) is 0 Å². The molecule has 242 valence electrons. The Labute approximate surface area is 251 Å². The first-order valence-electron chi connectivity index (χ1n) is 14.8. The molecular formula is C31H63N5O5. The molecule has 5 atom stereocenters. The molecule has 0 aliphatic rings. The van der Waals surface area contributed by atoms with E-state index in [4.69, 9.17) is 0 Å². The molecule has 0 saturated carbocycles. The molecule has 0 rings (SSSR count). The maximum atomic E-state index is 11.8. The van der Waals surface area contributed by atoms with E-state index in [1.807, 2.05) is 41.5 Å². The molecule has 0 spiro atoms. The minimum atomic E-state index is -0.0937. The third-order valence-electron chi connectivity index (χ3n) is 7.04. The van der Waals surface area contributed by atoms with E-state index in [-0.39, 0.29) is 59.1 Å². The highest BCUT2D eigenvalue weighted by atomic mass is 16.2. The third-order valence-corrected chi connectivity index (χ3v) is 7.04. The Morgan fingerprint density at radius 2 is 0.610 bits per heavy atom. The lowest BCUT2D eigenvalue weighted by molar-refractivity contribution is -0.137. The van der Waals surface area contributed by atoms with Crippen LogP contribution in [0.2, 0.25) is 0 Å². The summed E-state index contributed by atoms with van der Waals surface area (Å²) in [6.07, 6.45) is 3.75. The van der Waals surface area contributed by atoms with Crippen LogP contribution in [-0.4, -0.2) is 125 Å². The van der Waals surface area contributed by atoms with Gasteiger partial charge in [0.15, 0.2) is 0 Å². The molecule has 10 nitrogen and oxygen atoms in total. The van der Waals surface area contributed by atoms with Crippen LogP contribution in [0.15, 0.2) is 0 Å². The maximum absolute atomic E-state index is 11.8. The Morgan fingerprint density at radius 3 is 0.756 bits per heavy atom. The van der Waals surface area contributed by atoms with Crippen LogP contribution < -0.4 is 0 Å². The summed E-state index contributed by atoms with van der Waals surface area (Å²) in [5.41, 5.74) is 0. The zero-order chi connectivity index (χ0) is 33.2. The van der Waals surface area contributed by atoms with Crippen LogP contribution >= 0.6 is 0 Å². The fraction of sp³-hybridized carbons (Fsp3) is 0.839. The van der Waals surface area contributed by atoms with Crippen molar-refractivity contribution >= 4 is 29.5 Å². The number of amides is 5. The molecule has 5 unspecified atom stereocenters. The second-order valence-electron chi connectivity index (χ2n) is 12.0. The molecule has 0 N–H and O–H groups in total. The Hall–Kier alpha value is -2.65. The molecule has 5 amide bonds. The molecule has 0 heterocycles. The summed E-state index contributed by atoms with van der Waals surface area (Å²) in [6.45, 7) is 11.7. The highest BCUT2D eigenvalue weighted by Crippen LogP contribution is 2.19. The molecule has 0 radical (unpaired) electrons. The predicted octanol–water partition coefficient (Wildman–Crippen LogP) is 3.55. The van der Waals surface area contributed by atoms with E-state index in [0.29, 0.717) is 12.8 Å². The van der Waals surface area contributed by atoms with Gasteiger partial charge in [-0.2, -0.15) is 0 Å². The molecule has 0 aliphatic heterocycles. The molecule has 10 heteroatoms. The first-order chi connectivity index (χ1) is 18.7. The van der Waals surface area contributed by atoms with Gasteiger partial charge in [0.2, 0.25) is 29.5 Å². The van der Waals surface area contributed by atoms with Crippen molar-refractivity contribution in [2.75, 3.05) is 70.5 Å². The lowest BCUT2D eigenvalue weighted by Gasteiger charge is -2.23. The van der Waals surface area contributed by atoms with Crippen molar-refractivity contribution in [3.63, 3.8) is 0 Å². The van der Waals surface area contributed by atoms with Crippen molar-refractivity contribution in [3.05, 3.63) is 0 Å². The van der Waals surface area contributed by atoms with Gasteiger partial charge < -0.3 is 24.5 Å². The second kappa shape index (κ2) is 22.0. The van der Waals surface area contributed by atoms with Crippen LogP contribution in [0.3, 0.4) is 0 Å². The fourth-order valence-corrected chi connectivity index (χ4v) is 4.17. The normalized spacial score (nSPS) is 13.9. The highest BCUT2D eigenvalue weighted by molar-refractivity contribution is 5.82. The average molecular weight is 586 g/mol. The standard InChI is InChI=1S/2C12H24N2O2.C7H15NO/c2*1-7-10(12(16)14(5)6)8-9(2)11(15)13(3)4;1-5-6(2)7(9)8(3)4/h2*9-10H,7-8H2,1-6H3;6H,5H2,1-4H3. The summed E-state index contributed by atoms with van der Waals surface area (Å²) in [5, 5.41) is 0. The van der Waals surface area contributed by atoms with Crippen molar-refractivity contribution in [2.45, 2.75) is 73.6 Å². The lowest BCUT2D eigenvalue weighted by Crippen LogP contribution is -2.34. The zero-order valence-electron chi connectivity index (χ0n) is 29.2.